The minimum absolute atomic E-state index is 0.474. The van der Waals surface area contributed by atoms with Gasteiger partial charge in [-0.1, -0.05) is 44.2 Å². The van der Waals surface area contributed by atoms with Crippen LogP contribution in [0.25, 0.3) is 0 Å². The minimum atomic E-state index is 0.474. The molecule has 1 heterocycles. The van der Waals surface area contributed by atoms with Gasteiger partial charge in [0.2, 0.25) is 0 Å². The molecule has 0 radical (unpaired) electrons. The lowest BCUT2D eigenvalue weighted by Crippen LogP contribution is -2.01. The Morgan fingerprint density at radius 1 is 0.917 bits per heavy atom. The standard InChI is InChI=1S/C21H22N2O/c1-16(2)18-12-19(15-22-14-18)23-13-17-7-6-10-21(11-17)24-20-8-4-3-5-9-20/h3-12,14-16,23H,13H2,1-2H3. The first kappa shape index (κ1) is 16.1. The summed E-state index contributed by atoms with van der Waals surface area (Å²) in [5, 5.41) is 3.43. The summed E-state index contributed by atoms with van der Waals surface area (Å²) in [6.07, 6.45) is 3.78. The van der Waals surface area contributed by atoms with Crippen LogP contribution in [0.15, 0.2) is 73.1 Å². The molecule has 0 fully saturated rings. The Kier molecular flexibility index (Phi) is 5.12. The first-order chi connectivity index (χ1) is 11.7. The zero-order valence-corrected chi connectivity index (χ0v) is 14.1. The average molecular weight is 318 g/mol. The normalized spacial score (nSPS) is 10.6. The molecule has 3 heteroatoms. The summed E-state index contributed by atoms with van der Waals surface area (Å²) in [6, 6.07) is 20.1. The fourth-order valence-corrected chi connectivity index (χ4v) is 2.42. The number of rotatable bonds is 6. The first-order valence-corrected chi connectivity index (χ1v) is 8.21. The summed E-state index contributed by atoms with van der Waals surface area (Å²) < 4.78 is 5.88. The van der Waals surface area contributed by atoms with E-state index in [-0.39, 0.29) is 0 Å². The van der Waals surface area contributed by atoms with Gasteiger partial charge in [0, 0.05) is 18.9 Å². The Morgan fingerprint density at radius 3 is 2.50 bits per heavy atom. The fourth-order valence-electron chi connectivity index (χ4n) is 2.42. The topological polar surface area (TPSA) is 34.2 Å². The van der Waals surface area contributed by atoms with E-state index in [9.17, 15) is 0 Å². The van der Waals surface area contributed by atoms with E-state index in [1.165, 1.54) is 11.1 Å². The second kappa shape index (κ2) is 7.64. The average Bonchev–Trinajstić information content (AvgIpc) is 2.61. The molecule has 0 saturated heterocycles. The molecular formula is C21H22N2O. The molecule has 2 aromatic carbocycles. The van der Waals surface area contributed by atoms with Gasteiger partial charge in [0.25, 0.3) is 0 Å². The van der Waals surface area contributed by atoms with Gasteiger partial charge in [-0.15, -0.1) is 0 Å². The Labute approximate surface area is 143 Å². The highest BCUT2D eigenvalue weighted by Gasteiger charge is 2.02. The summed E-state index contributed by atoms with van der Waals surface area (Å²) in [7, 11) is 0. The smallest absolute Gasteiger partial charge is 0.127 e. The highest BCUT2D eigenvalue weighted by Crippen LogP contribution is 2.22. The lowest BCUT2D eigenvalue weighted by molar-refractivity contribution is 0.482. The molecule has 3 nitrogen and oxygen atoms in total. The Bertz CT molecular complexity index is 785. The molecule has 0 aliphatic carbocycles. The molecule has 3 rings (SSSR count). The summed E-state index contributed by atoms with van der Waals surface area (Å²) >= 11 is 0. The highest BCUT2D eigenvalue weighted by atomic mass is 16.5. The monoisotopic (exact) mass is 318 g/mol. The number of hydrogen-bond donors (Lipinski definition) is 1. The quantitative estimate of drug-likeness (QED) is 0.641. The first-order valence-electron chi connectivity index (χ1n) is 8.21. The molecule has 0 saturated carbocycles. The Balaban J connectivity index is 1.65. The van der Waals surface area contributed by atoms with E-state index in [2.05, 4.69) is 42.3 Å². The number of ether oxygens (including phenoxy) is 1. The van der Waals surface area contributed by atoms with Gasteiger partial charge in [-0.05, 0) is 47.4 Å². The van der Waals surface area contributed by atoms with E-state index in [0.29, 0.717) is 5.92 Å². The van der Waals surface area contributed by atoms with E-state index >= 15 is 0 Å². The van der Waals surface area contributed by atoms with Crippen molar-refractivity contribution in [3.8, 4) is 11.5 Å². The maximum atomic E-state index is 5.88. The van der Waals surface area contributed by atoms with Crippen LogP contribution in [-0.2, 0) is 6.54 Å². The van der Waals surface area contributed by atoms with E-state index in [1.54, 1.807) is 0 Å². The van der Waals surface area contributed by atoms with Crippen molar-refractivity contribution in [2.24, 2.45) is 0 Å². The number of hydrogen-bond acceptors (Lipinski definition) is 3. The maximum absolute atomic E-state index is 5.88. The van der Waals surface area contributed by atoms with Gasteiger partial charge in [0.1, 0.15) is 11.5 Å². The van der Waals surface area contributed by atoms with E-state index in [0.717, 1.165) is 23.7 Å². The zero-order valence-electron chi connectivity index (χ0n) is 14.1. The third kappa shape index (κ3) is 4.35. The third-order valence-corrected chi connectivity index (χ3v) is 3.80. The molecule has 1 aromatic heterocycles. The van der Waals surface area contributed by atoms with Crippen LogP contribution < -0.4 is 10.1 Å². The van der Waals surface area contributed by atoms with Crippen molar-refractivity contribution in [1.82, 2.24) is 4.98 Å². The number of benzene rings is 2. The molecule has 0 amide bonds. The van der Waals surface area contributed by atoms with Crippen LogP contribution in [0.3, 0.4) is 0 Å². The SMILES string of the molecule is CC(C)c1cncc(NCc2cccc(Oc3ccccc3)c2)c1. The number of aromatic nitrogens is 1. The molecule has 1 N–H and O–H groups in total. The van der Waals surface area contributed by atoms with Crippen LogP contribution in [0.4, 0.5) is 5.69 Å². The fraction of sp³-hybridized carbons (Fsp3) is 0.190. The van der Waals surface area contributed by atoms with Crippen LogP contribution in [0.1, 0.15) is 30.9 Å². The molecule has 0 atom stereocenters. The van der Waals surface area contributed by atoms with Crippen molar-refractivity contribution >= 4 is 5.69 Å². The molecule has 0 spiro atoms. The molecular weight excluding hydrogens is 296 g/mol. The van der Waals surface area contributed by atoms with Crippen LogP contribution in [-0.4, -0.2) is 4.98 Å². The molecule has 0 unspecified atom stereocenters. The Hall–Kier alpha value is -2.81. The minimum Gasteiger partial charge on any atom is -0.457 e. The van der Waals surface area contributed by atoms with Gasteiger partial charge in [-0.2, -0.15) is 0 Å². The van der Waals surface area contributed by atoms with Gasteiger partial charge < -0.3 is 10.1 Å². The molecule has 24 heavy (non-hydrogen) atoms. The third-order valence-electron chi connectivity index (χ3n) is 3.80. The van der Waals surface area contributed by atoms with Gasteiger partial charge in [-0.3, -0.25) is 4.98 Å². The van der Waals surface area contributed by atoms with Crippen LogP contribution in [0.2, 0.25) is 0 Å². The predicted molar refractivity (Wildman–Crippen MR) is 98.6 cm³/mol. The summed E-state index contributed by atoms with van der Waals surface area (Å²) in [6.45, 7) is 5.07. The van der Waals surface area contributed by atoms with Crippen LogP contribution in [0.5, 0.6) is 11.5 Å². The largest absolute Gasteiger partial charge is 0.457 e. The number of anilines is 1. The summed E-state index contributed by atoms with van der Waals surface area (Å²) in [5.74, 6) is 2.16. The highest BCUT2D eigenvalue weighted by molar-refractivity contribution is 5.45. The van der Waals surface area contributed by atoms with Gasteiger partial charge in [0.15, 0.2) is 0 Å². The van der Waals surface area contributed by atoms with Gasteiger partial charge in [0.05, 0.1) is 5.69 Å². The van der Waals surface area contributed by atoms with Crippen molar-refractivity contribution in [2.75, 3.05) is 5.32 Å². The molecule has 0 aliphatic heterocycles. The van der Waals surface area contributed by atoms with Gasteiger partial charge >= 0.3 is 0 Å². The predicted octanol–water partition coefficient (Wildman–Crippen LogP) is 5.61. The zero-order chi connectivity index (χ0) is 16.8. The number of para-hydroxylation sites is 1. The lowest BCUT2D eigenvalue weighted by atomic mass is 10.1. The molecule has 3 aromatic rings. The van der Waals surface area contributed by atoms with Crippen molar-refractivity contribution in [3.63, 3.8) is 0 Å². The second-order valence-corrected chi connectivity index (χ2v) is 6.08. The van der Waals surface area contributed by atoms with Crippen molar-refractivity contribution in [2.45, 2.75) is 26.3 Å². The van der Waals surface area contributed by atoms with Crippen molar-refractivity contribution in [1.29, 1.82) is 0 Å². The number of nitrogens with zero attached hydrogens (tertiary/aromatic N) is 1. The van der Waals surface area contributed by atoms with E-state index < -0.39 is 0 Å². The lowest BCUT2D eigenvalue weighted by Gasteiger charge is -2.11. The van der Waals surface area contributed by atoms with Crippen molar-refractivity contribution < 1.29 is 4.74 Å². The van der Waals surface area contributed by atoms with Crippen LogP contribution in [0, 0.1) is 0 Å². The second-order valence-electron chi connectivity index (χ2n) is 6.08. The molecule has 0 aliphatic rings. The molecule has 0 bridgehead atoms. The molecule has 122 valence electrons. The number of nitrogens with one attached hydrogen (secondary N) is 1. The number of pyridine rings is 1. The van der Waals surface area contributed by atoms with Gasteiger partial charge in [-0.25, -0.2) is 0 Å². The maximum Gasteiger partial charge on any atom is 0.127 e. The van der Waals surface area contributed by atoms with Crippen LogP contribution >= 0.6 is 0 Å². The summed E-state index contributed by atoms with van der Waals surface area (Å²) in [4.78, 5) is 4.30. The Morgan fingerprint density at radius 2 is 1.71 bits per heavy atom. The summed E-state index contributed by atoms with van der Waals surface area (Å²) in [5.41, 5.74) is 3.44. The van der Waals surface area contributed by atoms with E-state index in [4.69, 9.17) is 4.74 Å². The van der Waals surface area contributed by atoms with Crippen molar-refractivity contribution in [3.05, 3.63) is 84.2 Å². The van der Waals surface area contributed by atoms with E-state index in [1.807, 2.05) is 54.9 Å².